The normalized spacial score (nSPS) is 10.5. The third-order valence-electron chi connectivity index (χ3n) is 4.13. The second kappa shape index (κ2) is 7.33. The smallest absolute Gasteiger partial charge is 0.276 e. The van der Waals surface area contributed by atoms with Crippen molar-refractivity contribution in [2.45, 2.75) is 6.92 Å². The first-order chi connectivity index (χ1) is 12.9. The number of amides is 2. The zero-order valence-corrected chi connectivity index (χ0v) is 15.4. The minimum Gasteiger partial charge on any atom is -0.377 e. The summed E-state index contributed by atoms with van der Waals surface area (Å²) in [6, 6.07) is 16.1. The number of carbonyl (C=O) groups is 2. The molecule has 2 aromatic carbocycles. The largest absolute Gasteiger partial charge is 0.377 e. The Hall–Kier alpha value is -3.61. The first kappa shape index (κ1) is 18.2. The van der Waals surface area contributed by atoms with Gasteiger partial charge in [-0.15, -0.1) is 0 Å². The van der Waals surface area contributed by atoms with Gasteiger partial charge in [0.25, 0.3) is 11.8 Å². The van der Waals surface area contributed by atoms with Crippen LogP contribution in [0.2, 0.25) is 0 Å². The number of nitrogens with one attached hydrogen (secondary N) is 1. The van der Waals surface area contributed by atoms with Crippen molar-refractivity contribution in [2.75, 3.05) is 24.3 Å². The fourth-order valence-corrected chi connectivity index (χ4v) is 2.86. The molecular formula is C20H21N5O2. The zero-order valence-electron chi connectivity index (χ0n) is 15.4. The average molecular weight is 363 g/mol. The number of primary amides is 1. The van der Waals surface area contributed by atoms with Gasteiger partial charge >= 0.3 is 0 Å². The lowest BCUT2D eigenvalue weighted by Crippen LogP contribution is -2.16. The van der Waals surface area contributed by atoms with Gasteiger partial charge in [0.2, 0.25) is 0 Å². The van der Waals surface area contributed by atoms with Crippen molar-refractivity contribution in [2.24, 2.45) is 5.73 Å². The van der Waals surface area contributed by atoms with Crippen molar-refractivity contribution in [3.8, 4) is 5.69 Å². The van der Waals surface area contributed by atoms with E-state index in [1.165, 1.54) is 10.7 Å². The van der Waals surface area contributed by atoms with E-state index in [0.29, 0.717) is 11.4 Å². The lowest BCUT2D eigenvalue weighted by Gasteiger charge is -2.16. The van der Waals surface area contributed by atoms with Crippen LogP contribution < -0.4 is 16.0 Å². The van der Waals surface area contributed by atoms with Gasteiger partial charge in [0, 0.05) is 31.5 Å². The predicted octanol–water partition coefficient (Wildman–Crippen LogP) is 2.60. The number of hydrogen-bond donors (Lipinski definition) is 2. The highest BCUT2D eigenvalue weighted by Crippen LogP contribution is 2.22. The SMILES string of the molecule is Cc1cc(NC(=O)c2cc(C(N)=O)n(-c3ccccc3)n2)ccc1N(C)C. The molecule has 0 saturated heterocycles. The number of nitrogens with zero attached hydrogens (tertiary/aromatic N) is 3. The molecule has 7 heteroatoms. The molecule has 0 radical (unpaired) electrons. The minimum atomic E-state index is -0.656. The van der Waals surface area contributed by atoms with Crippen molar-refractivity contribution in [3.05, 3.63) is 71.5 Å². The van der Waals surface area contributed by atoms with Crippen molar-refractivity contribution in [1.82, 2.24) is 9.78 Å². The molecular weight excluding hydrogens is 342 g/mol. The summed E-state index contributed by atoms with van der Waals surface area (Å²) in [7, 11) is 3.92. The van der Waals surface area contributed by atoms with E-state index in [-0.39, 0.29) is 11.4 Å². The number of hydrogen-bond acceptors (Lipinski definition) is 4. The predicted molar refractivity (Wildman–Crippen MR) is 106 cm³/mol. The van der Waals surface area contributed by atoms with Crippen LogP contribution in [0, 0.1) is 6.92 Å². The number of nitrogens with two attached hydrogens (primary N) is 1. The van der Waals surface area contributed by atoms with Crippen LogP contribution in [0.1, 0.15) is 26.5 Å². The van der Waals surface area contributed by atoms with Crippen LogP contribution in [0.4, 0.5) is 11.4 Å². The summed E-state index contributed by atoms with van der Waals surface area (Å²) in [6.45, 7) is 1.97. The molecule has 0 fully saturated rings. The van der Waals surface area contributed by atoms with E-state index in [9.17, 15) is 9.59 Å². The number of benzene rings is 2. The van der Waals surface area contributed by atoms with E-state index in [0.717, 1.165) is 11.3 Å². The number of aryl methyl sites for hydroxylation is 1. The summed E-state index contributed by atoms with van der Waals surface area (Å²) in [5, 5.41) is 7.07. The summed E-state index contributed by atoms with van der Waals surface area (Å²) < 4.78 is 1.37. The highest BCUT2D eigenvalue weighted by Gasteiger charge is 2.19. The van der Waals surface area contributed by atoms with Crippen molar-refractivity contribution in [3.63, 3.8) is 0 Å². The van der Waals surface area contributed by atoms with Gasteiger partial charge < -0.3 is 16.0 Å². The second-order valence-electron chi connectivity index (χ2n) is 6.38. The Morgan fingerprint density at radius 3 is 2.37 bits per heavy atom. The topological polar surface area (TPSA) is 93.2 Å². The fourth-order valence-electron chi connectivity index (χ4n) is 2.86. The van der Waals surface area contributed by atoms with Crippen LogP contribution in [0.5, 0.6) is 0 Å². The molecule has 27 heavy (non-hydrogen) atoms. The molecule has 7 nitrogen and oxygen atoms in total. The van der Waals surface area contributed by atoms with Crippen LogP contribution in [0.15, 0.2) is 54.6 Å². The molecule has 0 aliphatic carbocycles. The lowest BCUT2D eigenvalue weighted by molar-refractivity contribution is 0.0991. The molecule has 0 bridgehead atoms. The van der Waals surface area contributed by atoms with Crippen molar-refractivity contribution < 1.29 is 9.59 Å². The average Bonchev–Trinajstić information content (AvgIpc) is 3.08. The van der Waals surface area contributed by atoms with E-state index >= 15 is 0 Å². The number of carbonyl (C=O) groups excluding carboxylic acids is 2. The molecule has 2 amide bonds. The molecule has 0 saturated carbocycles. The number of para-hydroxylation sites is 1. The highest BCUT2D eigenvalue weighted by molar-refractivity contribution is 6.04. The quantitative estimate of drug-likeness (QED) is 0.729. The van der Waals surface area contributed by atoms with Crippen molar-refractivity contribution in [1.29, 1.82) is 0 Å². The van der Waals surface area contributed by atoms with Gasteiger partial charge in [0.05, 0.1) is 5.69 Å². The first-order valence-corrected chi connectivity index (χ1v) is 8.41. The minimum absolute atomic E-state index is 0.113. The van der Waals surface area contributed by atoms with Gasteiger partial charge in [0.1, 0.15) is 5.69 Å². The maximum atomic E-state index is 12.6. The Labute approximate surface area is 157 Å². The van der Waals surface area contributed by atoms with Crippen molar-refractivity contribution >= 4 is 23.2 Å². The van der Waals surface area contributed by atoms with Gasteiger partial charge in [-0.3, -0.25) is 9.59 Å². The van der Waals surface area contributed by atoms with Gasteiger partial charge in [-0.25, -0.2) is 4.68 Å². The van der Waals surface area contributed by atoms with Crippen LogP contribution in [0.3, 0.4) is 0 Å². The Balaban J connectivity index is 1.89. The maximum Gasteiger partial charge on any atom is 0.276 e. The van der Waals surface area contributed by atoms with Gasteiger partial charge in [-0.2, -0.15) is 5.10 Å². The fraction of sp³-hybridized carbons (Fsp3) is 0.150. The third-order valence-corrected chi connectivity index (χ3v) is 4.13. The molecule has 1 aromatic heterocycles. The van der Waals surface area contributed by atoms with E-state index < -0.39 is 11.8 Å². The standard InChI is InChI=1S/C20H21N5O2/c1-13-11-14(9-10-17(13)24(2)3)22-20(27)16-12-18(19(21)26)25(23-16)15-7-5-4-6-8-15/h4-12H,1-3H3,(H2,21,26)(H,22,27). The van der Waals surface area contributed by atoms with Crippen LogP contribution in [-0.4, -0.2) is 35.7 Å². The number of anilines is 2. The molecule has 0 aliphatic heterocycles. The van der Waals surface area contributed by atoms with Crippen LogP contribution >= 0.6 is 0 Å². The molecule has 0 atom stereocenters. The highest BCUT2D eigenvalue weighted by atomic mass is 16.2. The van der Waals surface area contributed by atoms with Crippen LogP contribution in [-0.2, 0) is 0 Å². The summed E-state index contributed by atoms with van der Waals surface area (Å²) in [5.41, 5.74) is 9.10. The molecule has 138 valence electrons. The Morgan fingerprint density at radius 1 is 1.07 bits per heavy atom. The summed E-state index contributed by atoms with van der Waals surface area (Å²) in [6.07, 6.45) is 0. The van der Waals surface area contributed by atoms with E-state index in [1.54, 1.807) is 12.1 Å². The molecule has 3 rings (SSSR count). The number of rotatable bonds is 5. The zero-order chi connectivity index (χ0) is 19.6. The summed E-state index contributed by atoms with van der Waals surface area (Å²) >= 11 is 0. The Morgan fingerprint density at radius 2 is 1.78 bits per heavy atom. The van der Waals surface area contributed by atoms with Gasteiger partial charge in [-0.1, -0.05) is 18.2 Å². The second-order valence-corrected chi connectivity index (χ2v) is 6.38. The molecule has 0 spiro atoms. The van der Waals surface area contributed by atoms with Gasteiger partial charge in [-0.05, 0) is 42.8 Å². The van der Waals surface area contributed by atoms with E-state index in [2.05, 4.69) is 10.4 Å². The maximum absolute atomic E-state index is 12.6. The molecule has 1 heterocycles. The first-order valence-electron chi connectivity index (χ1n) is 8.41. The van der Waals surface area contributed by atoms with E-state index in [4.69, 9.17) is 5.73 Å². The Kier molecular flexibility index (Phi) is 4.94. The third kappa shape index (κ3) is 3.82. The Bertz CT molecular complexity index is 993. The molecule has 0 aliphatic rings. The summed E-state index contributed by atoms with van der Waals surface area (Å²) in [4.78, 5) is 26.4. The van der Waals surface area contributed by atoms with Crippen LogP contribution in [0.25, 0.3) is 5.69 Å². The number of aromatic nitrogens is 2. The molecule has 0 unspecified atom stereocenters. The summed E-state index contributed by atoms with van der Waals surface area (Å²) in [5.74, 6) is -1.07. The van der Waals surface area contributed by atoms with Gasteiger partial charge in [0.15, 0.2) is 5.69 Å². The lowest BCUT2D eigenvalue weighted by atomic mass is 10.1. The molecule has 3 N–H and O–H groups in total. The molecule has 3 aromatic rings. The monoisotopic (exact) mass is 363 g/mol. The van der Waals surface area contributed by atoms with E-state index in [1.807, 2.05) is 62.3 Å².